The lowest BCUT2D eigenvalue weighted by Crippen LogP contribution is -2.44. The van der Waals surface area contributed by atoms with Crippen LogP contribution in [0.3, 0.4) is 0 Å². The fourth-order valence-corrected chi connectivity index (χ4v) is 4.87. The number of likely N-dealkylation sites (tertiary alicyclic amines) is 1. The molecule has 1 aromatic heterocycles. The lowest BCUT2D eigenvalue weighted by atomic mass is 9.90. The summed E-state index contributed by atoms with van der Waals surface area (Å²) >= 11 is 1.72. The molecule has 1 saturated heterocycles. The third kappa shape index (κ3) is 4.36. The molecule has 1 fully saturated rings. The molecule has 128 valence electrons. The van der Waals surface area contributed by atoms with E-state index in [-0.39, 0.29) is 5.91 Å². The van der Waals surface area contributed by atoms with Crippen LogP contribution in [0.4, 0.5) is 0 Å². The van der Waals surface area contributed by atoms with Gasteiger partial charge in [-0.1, -0.05) is 20.3 Å². The summed E-state index contributed by atoms with van der Waals surface area (Å²) in [7, 11) is 0. The minimum atomic E-state index is 0.157. The summed E-state index contributed by atoms with van der Waals surface area (Å²) < 4.78 is 0. The lowest BCUT2D eigenvalue weighted by molar-refractivity contribution is 0.0915. The molecule has 3 rings (SSSR count). The zero-order chi connectivity index (χ0) is 16.2. The Balaban J connectivity index is 1.50. The van der Waals surface area contributed by atoms with Gasteiger partial charge in [0.25, 0.3) is 5.91 Å². The topological polar surface area (TPSA) is 32.3 Å². The maximum atomic E-state index is 12.6. The van der Waals surface area contributed by atoms with Crippen molar-refractivity contribution < 1.29 is 4.79 Å². The van der Waals surface area contributed by atoms with E-state index in [1.165, 1.54) is 36.2 Å². The molecule has 0 aromatic carbocycles. The third-order valence-corrected chi connectivity index (χ3v) is 6.54. The van der Waals surface area contributed by atoms with Crippen molar-refractivity contribution in [2.45, 2.75) is 64.8 Å². The quantitative estimate of drug-likeness (QED) is 0.886. The van der Waals surface area contributed by atoms with Crippen LogP contribution in [0.5, 0.6) is 0 Å². The average molecular weight is 335 g/mol. The van der Waals surface area contributed by atoms with Crippen LogP contribution in [0, 0.1) is 5.92 Å². The molecule has 1 unspecified atom stereocenters. The van der Waals surface area contributed by atoms with Crippen molar-refractivity contribution in [1.29, 1.82) is 0 Å². The van der Waals surface area contributed by atoms with E-state index in [1.54, 1.807) is 11.3 Å². The number of aryl methyl sites for hydroxylation is 1. The van der Waals surface area contributed by atoms with Crippen LogP contribution >= 0.6 is 11.3 Å². The van der Waals surface area contributed by atoms with E-state index < -0.39 is 0 Å². The Kier molecular flexibility index (Phi) is 5.76. The number of nitrogens with one attached hydrogen (secondary N) is 1. The summed E-state index contributed by atoms with van der Waals surface area (Å²) in [4.78, 5) is 17.5. The maximum Gasteiger partial charge on any atom is 0.261 e. The molecular weight excluding hydrogens is 304 g/mol. The van der Waals surface area contributed by atoms with Crippen molar-refractivity contribution in [2.75, 3.05) is 19.6 Å². The summed E-state index contributed by atoms with van der Waals surface area (Å²) in [6.45, 7) is 8.03. The predicted molar refractivity (Wildman–Crippen MR) is 97.3 cm³/mol. The molecule has 0 saturated carbocycles. The number of amides is 1. The molecular formula is C19H30N2OS. The standard InChI is InChI=1S/C19H30N2OS/c1-3-4-9-21-10-7-16(8-11-21)20-19(22)18-13-15-12-14(2)5-6-17(15)23-18/h13-14,16H,3-12H2,1-2H3,(H,20,22). The van der Waals surface area contributed by atoms with Crippen LogP contribution in [0.15, 0.2) is 6.07 Å². The predicted octanol–water partition coefficient (Wildman–Crippen LogP) is 3.87. The van der Waals surface area contributed by atoms with Crippen LogP contribution in [0.25, 0.3) is 0 Å². The SMILES string of the molecule is CCCCN1CCC(NC(=O)c2cc3c(s2)CCC(C)C3)CC1. The van der Waals surface area contributed by atoms with Gasteiger partial charge in [-0.2, -0.15) is 0 Å². The molecule has 0 radical (unpaired) electrons. The molecule has 2 heterocycles. The minimum absolute atomic E-state index is 0.157. The highest BCUT2D eigenvalue weighted by molar-refractivity contribution is 7.14. The van der Waals surface area contributed by atoms with Gasteiger partial charge in [-0.25, -0.2) is 0 Å². The van der Waals surface area contributed by atoms with E-state index >= 15 is 0 Å². The summed E-state index contributed by atoms with van der Waals surface area (Å²) in [6.07, 6.45) is 8.31. The highest BCUT2D eigenvalue weighted by Gasteiger charge is 2.24. The molecule has 0 spiro atoms. The molecule has 0 bridgehead atoms. The third-order valence-electron chi connectivity index (χ3n) is 5.30. The number of hydrogen-bond donors (Lipinski definition) is 1. The number of hydrogen-bond acceptors (Lipinski definition) is 3. The normalized spacial score (nSPS) is 22.8. The largest absolute Gasteiger partial charge is 0.349 e. The van der Waals surface area contributed by atoms with Gasteiger partial charge in [0.2, 0.25) is 0 Å². The van der Waals surface area contributed by atoms with Crippen molar-refractivity contribution in [2.24, 2.45) is 5.92 Å². The Bertz CT molecular complexity index is 531. The van der Waals surface area contributed by atoms with E-state index in [0.29, 0.717) is 6.04 Å². The van der Waals surface area contributed by atoms with E-state index in [0.717, 1.165) is 49.6 Å². The number of unbranched alkanes of at least 4 members (excludes halogenated alkanes) is 1. The minimum Gasteiger partial charge on any atom is -0.349 e. The Morgan fingerprint density at radius 2 is 2.13 bits per heavy atom. The van der Waals surface area contributed by atoms with Crippen LogP contribution in [0.1, 0.15) is 66.1 Å². The second-order valence-electron chi connectivity index (χ2n) is 7.35. The first-order valence-electron chi connectivity index (χ1n) is 9.30. The summed E-state index contributed by atoms with van der Waals surface area (Å²) in [5.74, 6) is 0.921. The van der Waals surface area contributed by atoms with Gasteiger partial charge in [-0.3, -0.25) is 4.79 Å². The highest BCUT2D eigenvalue weighted by Crippen LogP contribution is 2.32. The van der Waals surface area contributed by atoms with Gasteiger partial charge in [0.1, 0.15) is 0 Å². The highest BCUT2D eigenvalue weighted by atomic mass is 32.1. The number of rotatable bonds is 5. The van der Waals surface area contributed by atoms with Gasteiger partial charge in [-0.05, 0) is 62.6 Å². The fraction of sp³-hybridized carbons (Fsp3) is 0.737. The number of thiophene rings is 1. The first kappa shape index (κ1) is 17.0. The molecule has 23 heavy (non-hydrogen) atoms. The van der Waals surface area contributed by atoms with Crippen molar-refractivity contribution in [1.82, 2.24) is 10.2 Å². The summed E-state index contributed by atoms with van der Waals surface area (Å²) in [6, 6.07) is 2.51. The Labute approximate surface area is 144 Å². The second kappa shape index (κ2) is 7.80. The van der Waals surface area contributed by atoms with Gasteiger partial charge in [-0.15, -0.1) is 11.3 Å². The molecule has 1 aromatic rings. The number of fused-ring (bicyclic) bond motifs is 1. The first-order chi connectivity index (χ1) is 11.2. The molecule has 4 heteroatoms. The molecule has 1 aliphatic carbocycles. The molecule has 1 amide bonds. The summed E-state index contributed by atoms with van der Waals surface area (Å²) in [5.41, 5.74) is 1.42. The van der Waals surface area contributed by atoms with Crippen LogP contribution in [-0.4, -0.2) is 36.5 Å². The molecule has 1 aliphatic heterocycles. The Hall–Kier alpha value is -0.870. The Morgan fingerprint density at radius 3 is 2.87 bits per heavy atom. The number of carbonyl (C=O) groups excluding carboxylic acids is 1. The van der Waals surface area contributed by atoms with Gasteiger partial charge in [0, 0.05) is 24.0 Å². The number of nitrogens with zero attached hydrogens (tertiary/aromatic N) is 1. The van der Waals surface area contributed by atoms with Crippen LogP contribution in [0.2, 0.25) is 0 Å². The van der Waals surface area contributed by atoms with Gasteiger partial charge < -0.3 is 10.2 Å². The maximum absolute atomic E-state index is 12.6. The summed E-state index contributed by atoms with van der Waals surface area (Å²) in [5, 5.41) is 3.28. The van der Waals surface area contributed by atoms with Crippen molar-refractivity contribution in [3.8, 4) is 0 Å². The Morgan fingerprint density at radius 1 is 1.35 bits per heavy atom. The van der Waals surface area contributed by atoms with E-state index in [2.05, 4.69) is 30.1 Å². The van der Waals surface area contributed by atoms with Gasteiger partial charge >= 0.3 is 0 Å². The zero-order valence-electron chi connectivity index (χ0n) is 14.6. The lowest BCUT2D eigenvalue weighted by Gasteiger charge is -2.32. The number of carbonyl (C=O) groups is 1. The van der Waals surface area contributed by atoms with Crippen molar-refractivity contribution >= 4 is 17.2 Å². The molecule has 1 atom stereocenters. The fourth-order valence-electron chi connectivity index (χ4n) is 3.76. The van der Waals surface area contributed by atoms with Crippen molar-refractivity contribution in [3.05, 3.63) is 21.4 Å². The van der Waals surface area contributed by atoms with Crippen LogP contribution < -0.4 is 5.32 Å². The first-order valence-corrected chi connectivity index (χ1v) is 10.1. The van der Waals surface area contributed by atoms with Gasteiger partial charge in [0.15, 0.2) is 0 Å². The number of piperidine rings is 1. The molecule has 3 nitrogen and oxygen atoms in total. The average Bonchev–Trinajstić information content (AvgIpc) is 2.97. The van der Waals surface area contributed by atoms with Crippen LogP contribution in [-0.2, 0) is 12.8 Å². The monoisotopic (exact) mass is 334 g/mol. The second-order valence-corrected chi connectivity index (χ2v) is 8.49. The van der Waals surface area contributed by atoms with E-state index in [9.17, 15) is 4.79 Å². The van der Waals surface area contributed by atoms with E-state index in [4.69, 9.17) is 0 Å². The van der Waals surface area contributed by atoms with Gasteiger partial charge in [0.05, 0.1) is 4.88 Å². The molecule has 2 aliphatic rings. The van der Waals surface area contributed by atoms with E-state index in [1.807, 2.05) is 0 Å². The zero-order valence-corrected chi connectivity index (χ0v) is 15.4. The van der Waals surface area contributed by atoms with Crippen molar-refractivity contribution in [3.63, 3.8) is 0 Å². The smallest absolute Gasteiger partial charge is 0.261 e. The molecule has 1 N–H and O–H groups in total.